The van der Waals surface area contributed by atoms with Crippen molar-refractivity contribution in [1.29, 1.82) is 0 Å². The predicted octanol–water partition coefficient (Wildman–Crippen LogP) is 5.32. The van der Waals surface area contributed by atoms with Gasteiger partial charge in [0, 0.05) is 10.0 Å². The lowest BCUT2D eigenvalue weighted by molar-refractivity contribution is 0.300. The molecule has 0 aliphatic rings. The molecule has 0 amide bonds. The third kappa shape index (κ3) is 2.83. The molecule has 0 radical (unpaired) electrons. The SMILES string of the molecule is Fc1cc(Br)ccc1COc1ccc2ccccc2c1. The molecule has 3 aromatic carbocycles. The Kier molecular flexibility index (Phi) is 3.70. The summed E-state index contributed by atoms with van der Waals surface area (Å²) < 4.78 is 20.1. The van der Waals surface area contributed by atoms with E-state index in [4.69, 9.17) is 4.74 Å². The summed E-state index contributed by atoms with van der Waals surface area (Å²) in [7, 11) is 0. The minimum Gasteiger partial charge on any atom is -0.489 e. The summed E-state index contributed by atoms with van der Waals surface area (Å²) in [4.78, 5) is 0. The first-order valence-electron chi connectivity index (χ1n) is 6.28. The van der Waals surface area contributed by atoms with Gasteiger partial charge in [-0.1, -0.05) is 52.3 Å². The van der Waals surface area contributed by atoms with Crippen LogP contribution < -0.4 is 4.74 Å². The van der Waals surface area contributed by atoms with Gasteiger partial charge in [-0.25, -0.2) is 4.39 Å². The highest BCUT2D eigenvalue weighted by Gasteiger charge is 2.04. The summed E-state index contributed by atoms with van der Waals surface area (Å²) in [6, 6.07) is 18.9. The Bertz CT molecular complexity index is 755. The zero-order valence-electron chi connectivity index (χ0n) is 10.6. The second-order valence-corrected chi connectivity index (χ2v) is 5.45. The van der Waals surface area contributed by atoms with Crippen LogP contribution in [0.1, 0.15) is 5.56 Å². The molecule has 0 aromatic heterocycles. The zero-order valence-corrected chi connectivity index (χ0v) is 12.2. The van der Waals surface area contributed by atoms with Gasteiger partial charge in [0.25, 0.3) is 0 Å². The molecule has 0 unspecified atom stereocenters. The van der Waals surface area contributed by atoms with Gasteiger partial charge in [0.1, 0.15) is 18.2 Å². The normalized spacial score (nSPS) is 10.7. The molecule has 0 saturated heterocycles. The van der Waals surface area contributed by atoms with Gasteiger partial charge in [0.15, 0.2) is 0 Å². The largest absolute Gasteiger partial charge is 0.489 e. The zero-order chi connectivity index (χ0) is 13.9. The molecule has 0 saturated carbocycles. The van der Waals surface area contributed by atoms with E-state index >= 15 is 0 Å². The highest BCUT2D eigenvalue weighted by atomic mass is 79.9. The molecule has 1 nitrogen and oxygen atoms in total. The van der Waals surface area contributed by atoms with Crippen LogP contribution in [-0.2, 0) is 6.61 Å². The molecular weight excluding hydrogens is 319 g/mol. The van der Waals surface area contributed by atoms with Crippen LogP contribution in [0.25, 0.3) is 10.8 Å². The number of hydrogen-bond donors (Lipinski definition) is 0. The van der Waals surface area contributed by atoms with E-state index in [1.165, 1.54) is 6.07 Å². The van der Waals surface area contributed by atoms with Crippen LogP contribution in [0, 0.1) is 5.82 Å². The fourth-order valence-corrected chi connectivity index (χ4v) is 2.39. The van der Waals surface area contributed by atoms with Gasteiger partial charge in [0.2, 0.25) is 0 Å². The van der Waals surface area contributed by atoms with Crippen molar-refractivity contribution in [2.24, 2.45) is 0 Å². The summed E-state index contributed by atoms with van der Waals surface area (Å²) in [6.45, 7) is 0.220. The quantitative estimate of drug-likeness (QED) is 0.631. The first kappa shape index (κ1) is 13.1. The van der Waals surface area contributed by atoms with E-state index in [0.717, 1.165) is 21.0 Å². The Labute approximate surface area is 125 Å². The van der Waals surface area contributed by atoms with Gasteiger partial charge in [-0.3, -0.25) is 0 Å². The number of benzene rings is 3. The maximum atomic E-state index is 13.7. The molecular formula is C17H12BrFO. The fourth-order valence-electron chi connectivity index (χ4n) is 2.06. The van der Waals surface area contributed by atoms with Crippen molar-refractivity contribution in [2.75, 3.05) is 0 Å². The molecule has 100 valence electrons. The molecule has 0 heterocycles. The molecule has 3 rings (SSSR count). The van der Waals surface area contributed by atoms with Crippen molar-refractivity contribution in [3.05, 3.63) is 76.5 Å². The Morgan fingerprint density at radius 1 is 0.900 bits per heavy atom. The summed E-state index contributed by atoms with van der Waals surface area (Å²) in [6.07, 6.45) is 0. The van der Waals surface area contributed by atoms with Gasteiger partial charge >= 0.3 is 0 Å². The van der Waals surface area contributed by atoms with Gasteiger partial charge in [0.05, 0.1) is 0 Å². The standard InChI is InChI=1S/C17H12BrFO/c18-15-7-5-14(17(19)10-15)11-20-16-8-6-12-3-1-2-4-13(12)9-16/h1-10H,11H2. The van der Waals surface area contributed by atoms with Crippen molar-refractivity contribution in [2.45, 2.75) is 6.61 Å². The molecule has 3 heteroatoms. The molecule has 0 atom stereocenters. The predicted molar refractivity (Wildman–Crippen MR) is 82.4 cm³/mol. The summed E-state index contributed by atoms with van der Waals surface area (Å²) in [5, 5.41) is 2.27. The Balaban J connectivity index is 1.79. The Hall–Kier alpha value is -1.87. The lowest BCUT2D eigenvalue weighted by Crippen LogP contribution is -1.98. The summed E-state index contributed by atoms with van der Waals surface area (Å²) >= 11 is 3.24. The highest BCUT2D eigenvalue weighted by Crippen LogP contribution is 2.22. The third-order valence-electron chi connectivity index (χ3n) is 3.13. The van der Waals surface area contributed by atoms with Crippen LogP contribution >= 0.6 is 15.9 Å². The molecule has 0 bridgehead atoms. The second-order valence-electron chi connectivity index (χ2n) is 4.53. The molecule has 0 aliphatic carbocycles. The lowest BCUT2D eigenvalue weighted by atomic mass is 10.1. The molecule has 0 N–H and O–H groups in total. The number of fused-ring (bicyclic) bond motifs is 1. The maximum Gasteiger partial charge on any atom is 0.130 e. The number of rotatable bonds is 3. The van der Waals surface area contributed by atoms with Gasteiger partial charge < -0.3 is 4.74 Å². The van der Waals surface area contributed by atoms with E-state index < -0.39 is 0 Å². The molecule has 0 aliphatic heterocycles. The monoisotopic (exact) mass is 330 g/mol. The average molecular weight is 331 g/mol. The Morgan fingerprint density at radius 3 is 2.50 bits per heavy atom. The van der Waals surface area contributed by atoms with Crippen molar-refractivity contribution in [3.8, 4) is 5.75 Å². The van der Waals surface area contributed by atoms with Crippen LogP contribution in [-0.4, -0.2) is 0 Å². The van der Waals surface area contributed by atoms with E-state index in [-0.39, 0.29) is 12.4 Å². The highest BCUT2D eigenvalue weighted by molar-refractivity contribution is 9.10. The van der Waals surface area contributed by atoms with E-state index in [0.29, 0.717) is 5.56 Å². The summed E-state index contributed by atoms with van der Waals surface area (Å²) in [5.41, 5.74) is 0.543. The van der Waals surface area contributed by atoms with E-state index in [9.17, 15) is 4.39 Å². The van der Waals surface area contributed by atoms with Crippen LogP contribution in [0.4, 0.5) is 4.39 Å². The van der Waals surface area contributed by atoms with Crippen LogP contribution in [0.5, 0.6) is 5.75 Å². The fraction of sp³-hybridized carbons (Fsp3) is 0.0588. The minimum absolute atomic E-state index is 0.220. The van der Waals surface area contributed by atoms with Crippen LogP contribution in [0.15, 0.2) is 65.1 Å². The van der Waals surface area contributed by atoms with Gasteiger partial charge in [-0.05, 0) is 35.0 Å². The second kappa shape index (κ2) is 5.63. The molecule has 0 fully saturated rings. The van der Waals surface area contributed by atoms with E-state index in [1.807, 2.05) is 48.5 Å². The lowest BCUT2D eigenvalue weighted by Gasteiger charge is -2.08. The van der Waals surface area contributed by atoms with Crippen LogP contribution in [0.3, 0.4) is 0 Å². The average Bonchev–Trinajstić information content (AvgIpc) is 2.46. The summed E-state index contributed by atoms with van der Waals surface area (Å²) in [5.74, 6) is 0.478. The minimum atomic E-state index is -0.264. The Morgan fingerprint density at radius 2 is 1.70 bits per heavy atom. The van der Waals surface area contributed by atoms with Crippen molar-refractivity contribution in [3.63, 3.8) is 0 Å². The van der Waals surface area contributed by atoms with Crippen molar-refractivity contribution >= 4 is 26.7 Å². The number of ether oxygens (including phenoxy) is 1. The molecule has 0 spiro atoms. The van der Waals surface area contributed by atoms with E-state index in [1.54, 1.807) is 6.07 Å². The maximum absolute atomic E-state index is 13.7. The third-order valence-corrected chi connectivity index (χ3v) is 3.62. The molecule has 3 aromatic rings. The topological polar surface area (TPSA) is 9.23 Å². The van der Waals surface area contributed by atoms with Crippen LogP contribution in [0.2, 0.25) is 0 Å². The van der Waals surface area contributed by atoms with E-state index in [2.05, 4.69) is 15.9 Å². The number of halogens is 2. The first-order chi connectivity index (χ1) is 9.72. The van der Waals surface area contributed by atoms with Crippen molar-refractivity contribution in [1.82, 2.24) is 0 Å². The smallest absolute Gasteiger partial charge is 0.130 e. The molecule has 20 heavy (non-hydrogen) atoms. The number of hydrogen-bond acceptors (Lipinski definition) is 1. The van der Waals surface area contributed by atoms with Gasteiger partial charge in [-0.15, -0.1) is 0 Å². The van der Waals surface area contributed by atoms with Gasteiger partial charge in [-0.2, -0.15) is 0 Å². The van der Waals surface area contributed by atoms with Crippen molar-refractivity contribution < 1.29 is 9.13 Å². The first-order valence-corrected chi connectivity index (χ1v) is 7.07.